The van der Waals surface area contributed by atoms with Gasteiger partial charge in [-0.15, -0.1) is 21.8 Å². The second-order valence-electron chi connectivity index (χ2n) is 4.59. The lowest BCUT2D eigenvalue weighted by Gasteiger charge is -2.10. The Hall–Kier alpha value is -0.570. The van der Waals surface area contributed by atoms with Gasteiger partial charge < -0.3 is 4.42 Å². The Morgan fingerprint density at radius 2 is 1.75 bits per heavy atom. The summed E-state index contributed by atoms with van der Waals surface area (Å²) in [6.45, 7) is 0. The van der Waals surface area contributed by atoms with E-state index in [0.717, 1.165) is 18.2 Å². The van der Waals surface area contributed by atoms with Crippen LogP contribution in [0.5, 0.6) is 0 Å². The van der Waals surface area contributed by atoms with Crippen LogP contribution in [0.4, 0.5) is 0 Å². The summed E-state index contributed by atoms with van der Waals surface area (Å²) in [7, 11) is 0. The van der Waals surface area contributed by atoms with Crippen LogP contribution in [0.1, 0.15) is 50.3 Å². The lowest BCUT2D eigenvalue weighted by atomic mass is 9.97. The Labute approximate surface area is 102 Å². The van der Waals surface area contributed by atoms with Gasteiger partial charge >= 0.3 is 0 Å². The summed E-state index contributed by atoms with van der Waals surface area (Å²) in [5.41, 5.74) is 0. The van der Waals surface area contributed by atoms with Gasteiger partial charge in [-0.25, -0.2) is 0 Å². The summed E-state index contributed by atoms with van der Waals surface area (Å²) >= 11 is 5.63. The molecule has 0 amide bonds. The molecule has 1 aliphatic rings. The molecule has 1 aromatic heterocycles. The van der Waals surface area contributed by atoms with Gasteiger partial charge in [0.25, 0.3) is 0 Å². The SMILES string of the molecule is ClCCc1nnc(CC2CCCCCC2)o1. The second-order valence-corrected chi connectivity index (χ2v) is 4.97. The van der Waals surface area contributed by atoms with Crippen LogP contribution < -0.4 is 0 Å². The van der Waals surface area contributed by atoms with E-state index in [0.29, 0.717) is 18.2 Å². The Morgan fingerprint density at radius 1 is 1.06 bits per heavy atom. The minimum atomic E-state index is 0.547. The zero-order chi connectivity index (χ0) is 11.2. The minimum Gasteiger partial charge on any atom is -0.425 e. The molecule has 1 saturated carbocycles. The Bertz CT molecular complexity index is 306. The fourth-order valence-electron chi connectivity index (χ4n) is 2.37. The maximum Gasteiger partial charge on any atom is 0.217 e. The summed E-state index contributed by atoms with van der Waals surface area (Å²) in [6, 6.07) is 0. The van der Waals surface area contributed by atoms with E-state index in [2.05, 4.69) is 10.2 Å². The predicted molar refractivity (Wildman–Crippen MR) is 63.6 cm³/mol. The van der Waals surface area contributed by atoms with Crippen LogP contribution in [0.15, 0.2) is 4.42 Å². The maximum atomic E-state index is 5.63. The number of alkyl halides is 1. The molecule has 0 N–H and O–H groups in total. The van der Waals surface area contributed by atoms with Gasteiger partial charge in [-0.1, -0.05) is 25.7 Å². The number of nitrogens with zero attached hydrogens (tertiary/aromatic N) is 2. The molecule has 0 bridgehead atoms. The zero-order valence-corrected chi connectivity index (χ0v) is 10.4. The van der Waals surface area contributed by atoms with Crippen molar-refractivity contribution in [3.05, 3.63) is 11.8 Å². The van der Waals surface area contributed by atoms with E-state index in [1.165, 1.54) is 38.5 Å². The van der Waals surface area contributed by atoms with E-state index in [1.54, 1.807) is 0 Å². The van der Waals surface area contributed by atoms with Crippen molar-refractivity contribution in [2.24, 2.45) is 5.92 Å². The molecule has 3 nitrogen and oxygen atoms in total. The Balaban J connectivity index is 1.86. The summed E-state index contributed by atoms with van der Waals surface area (Å²) in [4.78, 5) is 0. The molecule has 1 aromatic rings. The average Bonchev–Trinajstić information content (AvgIpc) is 2.56. The first kappa shape index (κ1) is 11.9. The highest BCUT2D eigenvalue weighted by molar-refractivity contribution is 6.17. The van der Waals surface area contributed by atoms with Crippen molar-refractivity contribution < 1.29 is 4.42 Å². The molecule has 0 aliphatic heterocycles. The summed E-state index contributed by atoms with van der Waals surface area (Å²) in [5, 5.41) is 8.08. The highest BCUT2D eigenvalue weighted by Gasteiger charge is 2.16. The van der Waals surface area contributed by atoms with Gasteiger partial charge in [-0.05, 0) is 18.8 Å². The number of halogens is 1. The van der Waals surface area contributed by atoms with Crippen LogP contribution in [0.3, 0.4) is 0 Å². The van der Waals surface area contributed by atoms with Crippen LogP contribution in [-0.2, 0) is 12.8 Å². The van der Waals surface area contributed by atoms with Crippen LogP contribution >= 0.6 is 11.6 Å². The van der Waals surface area contributed by atoms with Crippen molar-refractivity contribution in [2.75, 3.05) is 5.88 Å². The highest BCUT2D eigenvalue weighted by Crippen LogP contribution is 2.25. The first-order valence-electron chi connectivity index (χ1n) is 6.25. The van der Waals surface area contributed by atoms with E-state index in [4.69, 9.17) is 16.0 Å². The smallest absolute Gasteiger partial charge is 0.217 e. The third kappa shape index (κ3) is 3.48. The van der Waals surface area contributed by atoms with Crippen molar-refractivity contribution >= 4 is 11.6 Å². The van der Waals surface area contributed by atoms with E-state index >= 15 is 0 Å². The average molecular weight is 243 g/mol. The lowest BCUT2D eigenvalue weighted by molar-refractivity contribution is 0.381. The van der Waals surface area contributed by atoms with Crippen LogP contribution in [0, 0.1) is 5.92 Å². The number of aromatic nitrogens is 2. The van der Waals surface area contributed by atoms with Gasteiger partial charge in [0.1, 0.15) is 0 Å². The molecule has 0 unspecified atom stereocenters. The first-order chi connectivity index (χ1) is 7.88. The van der Waals surface area contributed by atoms with Crippen molar-refractivity contribution in [2.45, 2.75) is 51.4 Å². The first-order valence-corrected chi connectivity index (χ1v) is 6.79. The Kier molecular flexibility index (Phi) is 4.64. The predicted octanol–water partition coefficient (Wildman–Crippen LogP) is 3.36. The van der Waals surface area contributed by atoms with Crippen molar-refractivity contribution in [3.63, 3.8) is 0 Å². The number of rotatable bonds is 4. The van der Waals surface area contributed by atoms with Crippen LogP contribution in [0.2, 0.25) is 0 Å². The van der Waals surface area contributed by atoms with Crippen LogP contribution in [0.25, 0.3) is 0 Å². The number of aryl methyl sites for hydroxylation is 1. The van der Waals surface area contributed by atoms with Gasteiger partial charge in [-0.2, -0.15) is 0 Å². The maximum absolute atomic E-state index is 5.63. The molecule has 0 spiro atoms. The molecule has 4 heteroatoms. The van der Waals surface area contributed by atoms with Crippen molar-refractivity contribution in [1.82, 2.24) is 10.2 Å². The molecular formula is C12H19ClN2O. The van der Waals surface area contributed by atoms with Crippen molar-refractivity contribution in [3.8, 4) is 0 Å². The molecule has 2 rings (SSSR count). The van der Waals surface area contributed by atoms with Gasteiger partial charge in [-0.3, -0.25) is 0 Å². The summed E-state index contributed by atoms with van der Waals surface area (Å²) in [6.07, 6.45) is 9.74. The quantitative estimate of drug-likeness (QED) is 0.600. The Morgan fingerprint density at radius 3 is 2.44 bits per heavy atom. The van der Waals surface area contributed by atoms with Gasteiger partial charge in [0.2, 0.25) is 11.8 Å². The molecule has 0 aromatic carbocycles. The van der Waals surface area contributed by atoms with Crippen LogP contribution in [-0.4, -0.2) is 16.1 Å². The topological polar surface area (TPSA) is 38.9 Å². The third-order valence-corrected chi connectivity index (χ3v) is 3.44. The number of hydrogen-bond donors (Lipinski definition) is 0. The molecule has 0 radical (unpaired) electrons. The highest BCUT2D eigenvalue weighted by atomic mass is 35.5. The van der Waals surface area contributed by atoms with Crippen molar-refractivity contribution in [1.29, 1.82) is 0 Å². The standard InChI is InChI=1S/C12H19ClN2O/c13-8-7-11-14-15-12(16-11)9-10-5-3-1-2-4-6-10/h10H,1-9H2. The molecule has 1 fully saturated rings. The van der Waals surface area contributed by atoms with Gasteiger partial charge in [0, 0.05) is 18.7 Å². The van der Waals surface area contributed by atoms with E-state index in [-0.39, 0.29) is 0 Å². The summed E-state index contributed by atoms with van der Waals surface area (Å²) < 4.78 is 5.56. The van der Waals surface area contributed by atoms with E-state index < -0.39 is 0 Å². The number of hydrogen-bond acceptors (Lipinski definition) is 3. The molecule has 1 aliphatic carbocycles. The summed E-state index contributed by atoms with van der Waals surface area (Å²) in [5.74, 6) is 2.77. The normalized spacial score (nSPS) is 18.6. The third-order valence-electron chi connectivity index (χ3n) is 3.26. The fraction of sp³-hybridized carbons (Fsp3) is 0.833. The molecular weight excluding hydrogens is 224 g/mol. The largest absolute Gasteiger partial charge is 0.425 e. The molecule has 0 atom stereocenters. The van der Waals surface area contributed by atoms with Gasteiger partial charge in [0.05, 0.1) is 0 Å². The second kappa shape index (κ2) is 6.24. The minimum absolute atomic E-state index is 0.547. The van der Waals surface area contributed by atoms with Gasteiger partial charge in [0.15, 0.2) is 0 Å². The molecule has 16 heavy (non-hydrogen) atoms. The van der Waals surface area contributed by atoms with E-state index in [1.807, 2.05) is 0 Å². The fourth-order valence-corrected chi connectivity index (χ4v) is 2.53. The monoisotopic (exact) mass is 242 g/mol. The van der Waals surface area contributed by atoms with E-state index in [9.17, 15) is 0 Å². The molecule has 90 valence electrons. The zero-order valence-electron chi connectivity index (χ0n) is 9.62. The molecule has 1 heterocycles. The lowest BCUT2D eigenvalue weighted by Crippen LogP contribution is -2.03. The molecule has 0 saturated heterocycles.